The number of ether oxygens (including phenoxy) is 1. The van der Waals surface area contributed by atoms with Crippen LogP contribution in [0.15, 0.2) is 40.2 Å². The van der Waals surface area contributed by atoms with Crippen molar-refractivity contribution in [1.29, 1.82) is 0 Å². The number of hydrogen-bond acceptors (Lipinski definition) is 3. The molecule has 3 rings (SSSR count). The second-order valence-corrected chi connectivity index (χ2v) is 6.97. The van der Waals surface area contributed by atoms with Crippen molar-refractivity contribution in [1.82, 2.24) is 5.32 Å². The van der Waals surface area contributed by atoms with Gasteiger partial charge in [0.25, 0.3) is 0 Å². The SMILES string of the molecule is CCNC(Cc1cc(Br)cs1)C1COc2ccccc21. The molecule has 1 aromatic carbocycles. The summed E-state index contributed by atoms with van der Waals surface area (Å²) in [5.74, 6) is 1.49. The van der Waals surface area contributed by atoms with Crippen LogP contribution in [0.1, 0.15) is 23.3 Å². The van der Waals surface area contributed by atoms with Crippen LogP contribution in [0.5, 0.6) is 5.75 Å². The van der Waals surface area contributed by atoms with Gasteiger partial charge in [0, 0.05) is 32.3 Å². The third-order valence-corrected chi connectivity index (χ3v) is 5.45. The molecular formula is C16H18BrNOS. The Kier molecular flexibility index (Phi) is 4.44. The van der Waals surface area contributed by atoms with Gasteiger partial charge in [-0.3, -0.25) is 0 Å². The van der Waals surface area contributed by atoms with Gasteiger partial charge in [0.2, 0.25) is 0 Å². The van der Waals surface area contributed by atoms with Crippen LogP contribution in [-0.2, 0) is 6.42 Å². The topological polar surface area (TPSA) is 21.3 Å². The third-order valence-electron chi connectivity index (χ3n) is 3.73. The molecule has 2 heterocycles. The van der Waals surface area contributed by atoms with E-state index in [2.05, 4.69) is 57.8 Å². The van der Waals surface area contributed by atoms with Gasteiger partial charge in [-0.15, -0.1) is 11.3 Å². The summed E-state index contributed by atoms with van der Waals surface area (Å²) in [6, 6.07) is 11.1. The molecule has 0 bridgehead atoms. The summed E-state index contributed by atoms with van der Waals surface area (Å²) in [5, 5.41) is 5.78. The lowest BCUT2D eigenvalue weighted by atomic mass is 9.91. The molecule has 0 fully saturated rings. The predicted molar refractivity (Wildman–Crippen MR) is 87.9 cm³/mol. The van der Waals surface area contributed by atoms with E-state index >= 15 is 0 Å². The van der Waals surface area contributed by atoms with Gasteiger partial charge in [0.15, 0.2) is 0 Å². The molecule has 0 spiro atoms. The highest BCUT2D eigenvalue weighted by molar-refractivity contribution is 9.10. The highest BCUT2D eigenvalue weighted by atomic mass is 79.9. The first-order valence-corrected chi connectivity index (χ1v) is 8.63. The van der Waals surface area contributed by atoms with E-state index < -0.39 is 0 Å². The molecule has 1 aromatic heterocycles. The van der Waals surface area contributed by atoms with Gasteiger partial charge in [0.05, 0.1) is 6.61 Å². The lowest BCUT2D eigenvalue weighted by Crippen LogP contribution is -2.37. The van der Waals surface area contributed by atoms with Crippen LogP contribution in [0.2, 0.25) is 0 Å². The van der Waals surface area contributed by atoms with E-state index in [0.29, 0.717) is 12.0 Å². The zero-order valence-electron chi connectivity index (χ0n) is 11.4. The average molecular weight is 352 g/mol. The second-order valence-electron chi connectivity index (χ2n) is 5.05. The van der Waals surface area contributed by atoms with Gasteiger partial charge >= 0.3 is 0 Å². The van der Waals surface area contributed by atoms with Crippen LogP contribution >= 0.6 is 27.3 Å². The van der Waals surface area contributed by atoms with Crippen molar-refractivity contribution in [2.24, 2.45) is 0 Å². The van der Waals surface area contributed by atoms with Crippen LogP contribution in [0, 0.1) is 0 Å². The molecule has 20 heavy (non-hydrogen) atoms. The van der Waals surface area contributed by atoms with Gasteiger partial charge in [-0.1, -0.05) is 25.1 Å². The molecule has 106 valence electrons. The first-order valence-electron chi connectivity index (χ1n) is 6.96. The van der Waals surface area contributed by atoms with E-state index in [4.69, 9.17) is 4.74 Å². The number of para-hydroxylation sites is 1. The van der Waals surface area contributed by atoms with E-state index in [-0.39, 0.29) is 0 Å². The van der Waals surface area contributed by atoms with E-state index in [9.17, 15) is 0 Å². The Morgan fingerprint density at radius 2 is 2.30 bits per heavy atom. The summed E-state index contributed by atoms with van der Waals surface area (Å²) in [6.07, 6.45) is 1.05. The monoisotopic (exact) mass is 351 g/mol. The van der Waals surface area contributed by atoms with Gasteiger partial charge in [-0.2, -0.15) is 0 Å². The largest absolute Gasteiger partial charge is 0.493 e. The summed E-state index contributed by atoms with van der Waals surface area (Å²) in [4.78, 5) is 1.41. The first kappa shape index (κ1) is 14.1. The molecule has 2 atom stereocenters. The van der Waals surface area contributed by atoms with E-state index in [1.165, 1.54) is 14.9 Å². The Hall–Kier alpha value is -0.840. The van der Waals surface area contributed by atoms with Crippen molar-refractivity contribution in [2.75, 3.05) is 13.2 Å². The molecule has 0 saturated heterocycles. The summed E-state index contributed by atoms with van der Waals surface area (Å²) >= 11 is 5.35. The van der Waals surface area contributed by atoms with Gasteiger partial charge in [0.1, 0.15) is 5.75 Å². The average Bonchev–Trinajstić information content (AvgIpc) is 3.04. The Labute approximate surface area is 132 Å². The number of nitrogens with one attached hydrogen (secondary N) is 1. The Balaban J connectivity index is 1.81. The minimum absolute atomic E-state index is 0.425. The van der Waals surface area contributed by atoms with Crippen molar-refractivity contribution in [3.8, 4) is 5.75 Å². The molecule has 2 unspecified atom stereocenters. The number of thiophene rings is 1. The predicted octanol–water partition coefficient (Wildman–Crippen LogP) is 4.21. The molecule has 0 radical (unpaired) electrons. The standard InChI is InChI=1S/C16H18BrNOS/c1-2-18-15(8-12-7-11(17)10-20-12)14-9-19-16-6-4-3-5-13(14)16/h3-7,10,14-15,18H,2,8-9H2,1H3. The zero-order chi connectivity index (χ0) is 13.9. The molecular weight excluding hydrogens is 334 g/mol. The molecule has 0 saturated carbocycles. The van der Waals surface area contributed by atoms with Crippen molar-refractivity contribution in [3.63, 3.8) is 0 Å². The molecule has 4 heteroatoms. The minimum Gasteiger partial charge on any atom is -0.493 e. The van der Waals surface area contributed by atoms with Crippen molar-refractivity contribution in [3.05, 3.63) is 50.6 Å². The van der Waals surface area contributed by atoms with E-state index in [0.717, 1.165) is 25.3 Å². The lowest BCUT2D eigenvalue weighted by molar-refractivity contribution is 0.298. The number of halogens is 1. The van der Waals surface area contributed by atoms with Gasteiger partial charge < -0.3 is 10.1 Å². The van der Waals surface area contributed by atoms with Crippen LogP contribution in [0.4, 0.5) is 0 Å². The van der Waals surface area contributed by atoms with Crippen molar-refractivity contribution < 1.29 is 4.74 Å². The summed E-state index contributed by atoms with van der Waals surface area (Å²) in [5.41, 5.74) is 1.34. The fraction of sp³-hybridized carbons (Fsp3) is 0.375. The fourth-order valence-corrected chi connectivity index (χ4v) is 4.33. The Morgan fingerprint density at radius 3 is 3.05 bits per heavy atom. The molecule has 0 aliphatic carbocycles. The van der Waals surface area contributed by atoms with E-state index in [1.54, 1.807) is 0 Å². The highest BCUT2D eigenvalue weighted by Crippen LogP contribution is 2.37. The molecule has 1 N–H and O–H groups in total. The normalized spacial score (nSPS) is 18.6. The molecule has 1 aliphatic heterocycles. The van der Waals surface area contributed by atoms with Crippen LogP contribution in [0.3, 0.4) is 0 Å². The van der Waals surface area contributed by atoms with Crippen molar-refractivity contribution >= 4 is 27.3 Å². The number of fused-ring (bicyclic) bond motifs is 1. The maximum absolute atomic E-state index is 5.84. The van der Waals surface area contributed by atoms with Crippen LogP contribution in [0.25, 0.3) is 0 Å². The zero-order valence-corrected chi connectivity index (χ0v) is 13.8. The summed E-state index contributed by atoms with van der Waals surface area (Å²) in [6.45, 7) is 3.93. The first-order chi connectivity index (χ1) is 9.78. The highest BCUT2D eigenvalue weighted by Gasteiger charge is 2.31. The van der Waals surface area contributed by atoms with Crippen LogP contribution < -0.4 is 10.1 Å². The van der Waals surface area contributed by atoms with E-state index in [1.807, 2.05) is 17.4 Å². The maximum Gasteiger partial charge on any atom is 0.122 e. The van der Waals surface area contributed by atoms with Crippen molar-refractivity contribution in [2.45, 2.75) is 25.3 Å². The lowest BCUT2D eigenvalue weighted by Gasteiger charge is -2.23. The number of hydrogen-bond donors (Lipinski definition) is 1. The minimum atomic E-state index is 0.425. The molecule has 0 amide bonds. The quantitative estimate of drug-likeness (QED) is 0.871. The number of benzene rings is 1. The number of likely N-dealkylation sites (N-methyl/N-ethyl adjacent to an activating group) is 1. The molecule has 2 aromatic rings. The molecule has 2 nitrogen and oxygen atoms in total. The number of rotatable bonds is 5. The van der Waals surface area contributed by atoms with Gasteiger partial charge in [-0.05, 0) is 41.0 Å². The maximum atomic E-state index is 5.84. The van der Waals surface area contributed by atoms with Gasteiger partial charge in [-0.25, -0.2) is 0 Å². The Morgan fingerprint density at radius 1 is 1.45 bits per heavy atom. The fourth-order valence-electron chi connectivity index (χ4n) is 2.82. The smallest absolute Gasteiger partial charge is 0.122 e. The second kappa shape index (κ2) is 6.29. The summed E-state index contributed by atoms with van der Waals surface area (Å²) in [7, 11) is 0. The molecule has 1 aliphatic rings. The third kappa shape index (κ3) is 2.92. The summed E-state index contributed by atoms with van der Waals surface area (Å²) < 4.78 is 7.01. The van der Waals surface area contributed by atoms with Crippen LogP contribution in [-0.4, -0.2) is 19.2 Å². The Bertz CT molecular complexity index is 583.